The highest BCUT2D eigenvalue weighted by atomic mass is 16.1. The Morgan fingerprint density at radius 1 is 1.47 bits per heavy atom. The second-order valence-electron chi connectivity index (χ2n) is 4.85. The molecule has 0 fully saturated rings. The molecule has 1 amide bonds. The van der Waals surface area contributed by atoms with E-state index in [1.54, 1.807) is 7.05 Å². The summed E-state index contributed by atoms with van der Waals surface area (Å²) in [5, 5.41) is 2.73. The SMILES string of the molecule is CCc1ccc2c(c1)C(CC(=O)NC)CCC2. The molecule has 2 nitrogen and oxygen atoms in total. The molecular formula is C15H21NO. The van der Waals surface area contributed by atoms with Crippen LogP contribution >= 0.6 is 0 Å². The number of hydrogen-bond donors (Lipinski definition) is 1. The molecule has 0 bridgehead atoms. The maximum atomic E-state index is 11.5. The normalized spacial score (nSPS) is 18.6. The minimum Gasteiger partial charge on any atom is -0.359 e. The van der Waals surface area contributed by atoms with Crippen molar-refractivity contribution in [3.8, 4) is 0 Å². The molecular weight excluding hydrogens is 210 g/mol. The highest BCUT2D eigenvalue weighted by Crippen LogP contribution is 2.34. The molecule has 0 spiro atoms. The number of amides is 1. The van der Waals surface area contributed by atoms with Gasteiger partial charge in [-0.15, -0.1) is 0 Å². The topological polar surface area (TPSA) is 29.1 Å². The second kappa shape index (κ2) is 5.35. The van der Waals surface area contributed by atoms with E-state index in [1.807, 2.05) is 0 Å². The zero-order valence-corrected chi connectivity index (χ0v) is 10.8. The first-order valence-electron chi connectivity index (χ1n) is 6.57. The van der Waals surface area contributed by atoms with Crippen LogP contribution in [0.3, 0.4) is 0 Å². The summed E-state index contributed by atoms with van der Waals surface area (Å²) in [6.07, 6.45) is 5.23. The Bertz CT molecular complexity index is 411. The van der Waals surface area contributed by atoms with Crippen molar-refractivity contribution in [2.45, 2.75) is 44.9 Å². The van der Waals surface area contributed by atoms with Gasteiger partial charge < -0.3 is 5.32 Å². The van der Waals surface area contributed by atoms with Gasteiger partial charge in [0, 0.05) is 13.5 Å². The molecule has 0 heterocycles. The van der Waals surface area contributed by atoms with Crippen LogP contribution in [0, 0.1) is 0 Å². The van der Waals surface area contributed by atoms with Crippen molar-refractivity contribution < 1.29 is 4.79 Å². The number of nitrogens with one attached hydrogen (secondary N) is 1. The molecule has 0 radical (unpaired) electrons. The quantitative estimate of drug-likeness (QED) is 0.851. The number of carbonyl (C=O) groups excluding carboxylic acids is 1. The molecule has 0 saturated carbocycles. The molecule has 1 N–H and O–H groups in total. The molecule has 2 rings (SSSR count). The molecule has 1 aliphatic carbocycles. The Morgan fingerprint density at radius 2 is 2.29 bits per heavy atom. The van der Waals surface area contributed by atoms with Crippen molar-refractivity contribution in [1.82, 2.24) is 5.32 Å². The first-order chi connectivity index (χ1) is 8.24. The molecule has 1 unspecified atom stereocenters. The van der Waals surface area contributed by atoms with E-state index in [2.05, 4.69) is 30.4 Å². The highest BCUT2D eigenvalue weighted by molar-refractivity contribution is 5.76. The van der Waals surface area contributed by atoms with Gasteiger partial charge in [-0.2, -0.15) is 0 Å². The monoisotopic (exact) mass is 231 g/mol. The number of carbonyl (C=O) groups is 1. The van der Waals surface area contributed by atoms with Gasteiger partial charge in [0.05, 0.1) is 0 Å². The smallest absolute Gasteiger partial charge is 0.220 e. The summed E-state index contributed by atoms with van der Waals surface area (Å²) in [6, 6.07) is 6.79. The van der Waals surface area contributed by atoms with E-state index >= 15 is 0 Å². The van der Waals surface area contributed by atoms with Crippen LogP contribution in [0.4, 0.5) is 0 Å². The fourth-order valence-electron chi connectivity index (χ4n) is 2.70. The lowest BCUT2D eigenvalue weighted by Gasteiger charge is -2.25. The van der Waals surface area contributed by atoms with E-state index in [1.165, 1.54) is 29.5 Å². The van der Waals surface area contributed by atoms with E-state index in [9.17, 15) is 4.79 Å². The van der Waals surface area contributed by atoms with Crippen molar-refractivity contribution in [2.75, 3.05) is 7.05 Å². The van der Waals surface area contributed by atoms with Gasteiger partial charge in [0.1, 0.15) is 0 Å². The summed E-state index contributed by atoms with van der Waals surface area (Å²) in [4.78, 5) is 11.5. The fraction of sp³-hybridized carbons (Fsp3) is 0.533. The maximum Gasteiger partial charge on any atom is 0.220 e. The molecule has 17 heavy (non-hydrogen) atoms. The van der Waals surface area contributed by atoms with Crippen molar-refractivity contribution in [3.05, 3.63) is 34.9 Å². The molecule has 0 aliphatic heterocycles. The zero-order chi connectivity index (χ0) is 12.3. The van der Waals surface area contributed by atoms with Crippen LogP contribution in [0.5, 0.6) is 0 Å². The lowest BCUT2D eigenvalue weighted by atomic mass is 9.80. The van der Waals surface area contributed by atoms with Crippen LogP contribution in [-0.2, 0) is 17.6 Å². The van der Waals surface area contributed by atoms with Crippen LogP contribution in [0.2, 0.25) is 0 Å². The predicted octanol–water partition coefficient (Wildman–Crippen LogP) is 2.81. The van der Waals surface area contributed by atoms with Crippen molar-refractivity contribution in [1.29, 1.82) is 0 Å². The van der Waals surface area contributed by atoms with Gasteiger partial charge in [-0.05, 0) is 48.3 Å². The minimum absolute atomic E-state index is 0.157. The lowest BCUT2D eigenvalue weighted by Crippen LogP contribution is -2.22. The van der Waals surface area contributed by atoms with E-state index in [4.69, 9.17) is 0 Å². The van der Waals surface area contributed by atoms with E-state index < -0.39 is 0 Å². The van der Waals surface area contributed by atoms with Crippen LogP contribution in [0.25, 0.3) is 0 Å². The predicted molar refractivity (Wildman–Crippen MR) is 70.2 cm³/mol. The Morgan fingerprint density at radius 3 is 3.00 bits per heavy atom. The van der Waals surface area contributed by atoms with Crippen molar-refractivity contribution in [3.63, 3.8) is 0 Å². The van der Waals surface area contributed by atoms with E-state index in [-0.39, 0.29) is 5.91 Å². The summed E-state index contributed by atoms with van der Waals surface area (Å²) in [5.74, 6) is 0.579. The van der Waals surface area contributed by atoms with Gasteiger partial charge in [-0.3, -0.25) is 4.79 Å². The molecule has 0 saturated heterocycles. The number of aryl methyl sites for hydroxylation is 2. The van der Waals surface area contributed by atoms with E-state index in [0.29, 0.717) is 12.3 Å². The molecule has 1 aliphatic rings. The molecule has 0 aromatic heterocycles. The van der Waals surface area contributed by atoms with Gasteiger partial charge in [0.25, 0.3) is 0 Å². The average molecular weight is 231 g/mol. The lowest BCUT2D eigenvalue weighted by molar-refractivity contribution is -0.121. The average Bonchev–Trinajstić information content (AvgIpc) is 2.38. The molecule has 2 heteroatoms. The summed E-state index contributed by atoms with van der Waals surface area (Å²) >= 11 is 0. The second-order valence-corrected chi connectivity index (χ2v) is 4.85. The first kappa shape index (κ1) is 12.2. The van der Waals surface area contributed by atoms with E-state index in [0.717, 1.165) is 12.8 Å². The minimum atomic E-state index is 0.157. The van der Waals surface area contributed by atoms with Crippen molar-refractivity contribution in [2.24, 2.45) is 0 Å². The van der Waals surface area contributed by atoms with Gasteiger partial charge in [0.2, 0.25) is 5.91 Å². The Balaban J connectivity index is 2.25. The van der Waals surface area contributed by atoms with Crippen LogP contribution in [-0.4, -0.2) is 13.0 Å². The van der Waals surface area contributed by atoms with Crippen LogP contribution < -0.4 is 5.32 Å². The third-order valence-electron chi connectivity index (χ3n) is 3.77. The van der Waals surface area contributed by atoms with Gasteiger partial charge in [-0.1, -0.05) is 25.1 Å². The number of hydrogen-bond acceptors (Lipinski definition) is 1. The highest BCUT2D eigenvalue weighted by Gasteiger charge is 2.22. The molecule has 1 atom stereocenters. The van der Waals surface area contributed by atoms with Crippen LogP contribution in [0.15, 0.2) is 18.2 Å². The summed E-state index contributed by atoms with van der Waals surface area (Å²) in [6.45, 7) is 2.18. The number of fused-ring (bicyclic) bond motifs is 1. The maximum absolute atomic E-state index is 11.5. The summed E-state index contributed by atoms with van der Waals surface area (Å²) in [5.41, 5.74) is 4.24. The van der Waals surface area contributed by atoms with Crippen molar-refractivity contribution >= 4 is 5.91 Å². The van der Waals surface area contributed by atoms with Gasteiger partial charge in [0.15, 0.2) is 0 Å². The first-order valence-corrected chi connectivity index (χ1v) is 6.57. The Kier molecular flexibility index (Phi) is 3.82. The number of benzene rings is 1. The standard InChI is InChI=1S/C15H21NO/c1-3-11-7-8-12-5-4-6-13(14(12)9-11)10-15(17)16-2/h7-9,13H,3-6,10H2,1-2H3,(H,16,17). The van der Waals surface area contributed by atoms with Crippen LogP contribution in [0.1, 0.15) is 48.8 Å². The third kappa shape index (κ3) is 2.68. The summed E-state index contributed by atoms with van der Waals surface area (Å²) < 4.78 is 0. The van der Waals surface area contributed by atoms with Gasteiger partial charge >= 0.3 is 0 Å². The Hall–Kier alpha value is -1.31. The Labute approximate surface area is 103 Å². The van der Waals surface area contributed by atoms with Gasteiger partial charge in [-0.25, -0.2) is 0 Å². The fourth-order valence-corrected chi connectivity index (χ4v) is 2.70. The molecule has 92 valence electrons. The number of rotatable bonds is 3. The third-order valence-corrected chi connectivity index (χ3v) is 3.77. The largest absolute Gasteiger partial charge is 0.359 e. The molecule has 1 aromatic carbocycles. The molecule has 1 aromatic rings. The zero-order valence-electron chi connectivity index (χ0n) is 10.8. The summed E-state index contributed by atoms with van der Waals surface area (Å²) in [7, 11) is 1.72.